The summed E-state index contributed by atoms with van der Waals surface area (Å²) in [6.07, 6.45) is 8.89. The number of nitrogens with zero attached hydrogens (tertiary/aromatic N) is 6. The summed E-state index contributed by atoms with van der Waals surface area (Å²) >= 11 is 0. The van der Waals surface area contributed by atoms with E-state index in [0.717, 1.165) is 19.6 Å². The van der Waals surface area contributed by atoms with E-state index in [1.807, 2.05) is 18.2 Å². The molecule has 0 bridgehead atoms. The Hall–Kier alpha value is -3.39. The van der Waals surface area contributed by atoms with E-state index in [0.29, 0.717) is 18.8 Å². The first-order valence-electron chi connectivity index (χ1n) is 9.13. The van der Waals surface area contributed by atoms with Crippen LogP contribution in [0.15, 0.2) is 59.5 Å². The molecular weight excluding hydrogens is 356 g/mol. The molecule has 0 atom stereocenters. The summed E-state index contributed by atoms with van der Waals surface area (Å²) in [5.41, 5.74) is 1.66. The van der Waals surface area contributed by atoms with E-state index in [2.05, 4.69) is 49.3 Å². The molecule has 3 aromatic rings. The molecule has 0 spiro atoms. The van der Waals surface area contributed by atoms with Crippen molar-refractivity contribution in [2.24, 2.45) is 0 Å². The van der Waals surface area contributed by atoms with Gasteiger partial charge >= 0.3 is 11.8 Å². The Bertz CT molecular complexity index is 934. The zero-order chi connectivity index (χ0) is 19.2. The number of piperazine rings is 1. The number of aromatic nitrogens is 4. The van der Waals surface area contributed by atoms with Gasteiger partial charge in [-0.3, -0.25) is 14.7 Å². The molecule has 1 amide bonds. The maximum absolute atomic E-state index is 12.6. The summed E-state index contributed by atoms with van der Waals surface area (Å²) in [5.74, 6) is 0.00123. The highest BCUT2D eigenvalue weighted by molar-refractivity contribution is 5.90. The SMILES string of the molecule is O=C(c1nc(-c2cnccn2)no1)N1CCN(C/C=C/c2ccccc2)CC1. The Morgan fingerprint density at radius 3 is 2.68 bits per heavy atom. The first-order chi connectivity index (χ1) is 13.8. The second-order valence-electron chi connectivity index (χ2n) is 6.42. The van der Waals surface area contributed by atoms with Crippen LogP contribution >= 0.6 is 0 Å². The molecule has 28 heavy (non-hydrogen) atoms. The van der Waals surface area contributed by atoms with Crippen LogP contribution in [0.25, 0.3) is 17.6 Å². The number of benzene rings is 1. The van der Waals surface area contributed by atoms with Crippen molar-refractivity contribution in [1.29, 1.82) is 0 Å². The van der Waals surface area contributed by atoms with Crippen LogP contribution in [-0.4, -0.2) is 68.5 Å². The summed E-state index contributed by atoms with van der Waals surface area (Å²) in [4.78, 5) is 28.9. The fourth-order valence-corrected chi connectivity index (χ4v) is 3.00. The van der Waals surface area contributed by atoms with E-state index in [1.54, 1.807) is 17.3 Å². The molecule has 1 fully saturated rings. The quantitative estimate of drug-likeness (QED) is 0.673. The minimum atomic E-state index is -0.248. The molecule has 8 heteroatoms. The van der Waals surface area contributed by atoms with Crippen molar-refractivity contribution in [2.75, 3.05) is 32.7 Å². The molecule has 0 N–H and O–H groups in total. The number of carbonyl (C=O) groups excluding carboxylic acids is 1. The maximum atomic E-state index is 12.6. The Balaban J connectivity index is 1.29. The van der Waals surface area contributed by atoms with E-state index in [9.17, 15) is 4.79 Å². The average molecular weight is 376 g/mol. The molecular formula is C20H20N6O2. The summed E-state index contributed by atoms with van der Waals surface area (Å²) in [5, 5.41) is 3.83. The fourth-order valence-electron chi connectivity index (χ4n) is 3.00. The zero-order valence-electron chi connectivity index (χ0n) is 15.3. The van der Waals surface area contributed by atoms with Crippen molar-refractivity contribution < 1.29 is 9.32 Å². The molecule has 8 nitrogen and oxygen atoms in total. The number of carbonyl (C=O) groups is 1. The fraction of sp³-hybridized carbons (Fsp3) is 0.250. The van der Waals surface area contributed by atoms with Crippen LogP contribution in [0.4, 0.5) is 0 Å². The summed E-state index contributed by atoms with van der Waals surface area (Å²) in [6, 6.07) is 10.2. The van der Waals surface area contributed by atoms with Gasteiger partial charge in [0, 0.05) is 45.1 Å². The second-order valence-corrected chi connectivity index (χ2v) is 6.42. The Labute approximate surface area is 162 Å². The van der Waals surface area contributed by atoms with Gasteiger partial charge in [0.1, 0.15) is 5.69 Å². The number of hydrogen-bond acceptors (Lipinski definition) is 7. The molecule has 0 radical (unpaired) electrons. The van der Waals surface area contributed by atoms with Gasteiger partial charge in [0.15, 0.2) is 0 Å². The largest absolute Gasteiger partial charge is 0.332 e. The lowest BCUT2D eigenvalue weighted by Crippen LogP contribution is -2.48. The lowest BCUT2D eigenvalue weighted by atomic mass is 10.2. The van der Waals surface area contributed by atoms with E-state index in [1.165, 1.54) is 11.8 Å². The van der Waals surface area contributed by atoms with Crippen molar-refractivity contribution in [3.63, 3.8) is 0 Å². The highest BCUT2D eigenvalue weighted by Crippen LogP contribution is 2.13. The van der Waals surface area contributed by atoms with Crippen molar-refractivity contribution in [2.45, 2.75) is 0 Å². The standard InChI is InChI=1S/C20H20N6O2/c27-20(19-23-18(24-28-19)17-15-21-8-9-22-17)26-13-11-25(12-14-26)10-4-7-16-5-2-1-3-6-16/h1-9,15H,10-14H2/b7-4+. The van der Waals surface area contributed by atoms with Gasteiger partial charge in [-0.2, -0.15) is 4.98 Å². The molecule has 0 saturated carbocycles. The molecule has 1 aromatic carbocycles. The van der Waals surface area contributed by atoms with E-state index in [4.69, 9.17) is 4.52 Å². The van der Waals surface area contributed by atoms with Crippen LogP contribution in [-0.2, 0) is 0 Å². The van der Waals surface area contributed by atoms with Gasteiger partial charge in [0.05, 0.1) is 6.20 Å². The number of amides is 1. The molecule has 4 rings (SSSR count). The molecule has 1 aliphatic heterocycles. The predicted molar refractivity (Wildman–Crippen MR) is 103 cm³/mol. The van der Waals surface area contributed by atoms with Gasteiger partial charge in [-0.1, -0.05) is 47.6 Å². The Morgan fingerprint density at radius 2 is 1.93 bits per heavy atom. The minimum absolute atomic E-state index is 0.0157. The Kier molecular flexibility index (Phi) is 5.48. The number of rotatable bonds is 5. The van der Waals surface area contributed by atoms with Gasteiger partial charge < -0.3 is 9.42 Å². The second kappa shape index (κ2) is 8.53. The van der Waals surface area contributed by atoms with Crippen molar-refractivity contribution >= 4 is 12.0 Å². The molecule has 0 unspecified atom stereocenters. The topological polar surface area (TPSA) is 88.2 Å². The van der Waals surface area contributed by atoms with Crippen molar-refractivity contribution in [1.82, 2.24) is 29.9 Å². The third-order valence-corrected chi connectivity index (χ3v) is 4.53. The molecule has 0 aliphatic carbocycles. The third kappa shape index (κ3) is 4.29. The molecule has 1 saturated heterocycles. The highest BCUT2D eigenvalue weighted by Gasteiger charge is 2.26. The zero-order valence-corrected chi connectivity index (χ0v) is 15.3. The van der Waals surface area contributed by atoms with Crippen LogP contribution < -0.4 is 0 Å². The van der Waals surface area contributed by atoms with E-state index in [-0.39, 0.29) is 17.6 Å². The average Bonchev–Trinajstić information content (AvgIpc) is 3.25. The van der Waals surface area contributed by atoms with Crippen LogP contribution in [0.5, 0.6) is 0 Å². The van der Waals surface area contributed by atoms with Crippen molar-refractivity contribution in [3.8, 4) is 11.5 Å². The first kappa shape index (κ1) is 18.0. The van der Waals surface area contributed by atoms with Crippen LogP contribution in [0.1, 0.15) is 16.2 Å². The summed E-state index contributed by atoms with van der Waals surface area (Å²) < 4.78 is 5.13. The minimum Gasteiger partial charge on any atom is -0.332 e. The number of hydrogen-bond donors (Lipinski definition) is 0. The Morgan fingerprint density at radius 1 is 1.11 bits per heavy atom. The lowest BCUT2D eigenvalue weighted by Gasteiger charge is -2.33. The van der Waals surface area contributed by atoms with Crippen LogP contribution in [0.2, 0.25) is 0 Å². The molecule has 3 heterocycles. The van der Waals surface area contributed by atoms with Gasteiger partial charge in [0.2, 0.25) is 5.82 Å². The van der Waals surface area contributed by atoms with E-state index < -0.39 is 0 Å². The van der Waals surface area contributed by atoms with Gasteiger partial charge in [0.25, 0.3) is 0 Å². The maximum Gasteiger partial charge on any atom is 0.316 e. The van der Waals surface area contributed by atoms with Gasteiger partial charge in [-0.05, 0) is 5.56 Å². The summed E-state index contributed by atoms with van der Waals surface area (Å²) in [7, 11) is 0. The van der Waals surface area contributed by atoms with Gasteiger partial charge in [-0.25, -0.2) is 4.98 Å². The third-order valence-electron chi connectivity index (χ3n) is 4.53. The van der Waals surface area contributed by atoms with E-state index >= 15 is 0 Å². The molecule has 142 valence electrons. The van der Waals surface area contributed by atoms with Crippen molar-refractivity contribution in [3.05, 3.63) is 66.5 Å². The van der Waals surface area contributed by atoms with Crippen LogP contribution in [0.3, 0.4) is 0 Å². The normalized spacial score (nSPS) is 15.2. The summed E-state index contributed by atoms with van der Waals surface area (Å²) in [6.45, 7) is 3.71. The lowest BCUT2D eigenvalue weighted by molar-refractivity contribution is 0.0602. The molecule has 2 aromatic heterocycles. The predicted octanol–water partition coefficient (Wildman–Crippen LogP) is 2.00. The molecule has 1 aliphatic rings. The monoisotopic (exact) mass is 376 g/mol. The highest BCUT2D eigenvalue weighted by atomic mass is 16.5. The van der Waals surface area contributed by atoms with Gasteiger partial charge in [-0.15, -0.1) is 0 Å². The smallest absolute Gasteiger partial charge is 0.316 e. The first-order valence-corrected chi connectivity index (χ1v) is 9.13. The van der Waals surface area contributed by atoms with Crippen LogP contribution in [0, 0.1) is 0 Å².